The molecule has 0 aromatic heterocycles. The van der Waals surface area contributed by atoms with Crippen LogP contribution in [0.2, 0.25) is 0 Å². The van der Waals surface area contributed by atoms with Gasteiger partial charge in [0, 0.05) is 6.54 Å². The second kappa shape index (κ2) is 12.6. The van der Waals surface area contributed by atoms with Gasteiger partial charge in [0.25, 0.3) is 0 Å². The number of carbonyl (C=O) groups excluding carboxylic acids is 1. The second-order valence-electron chi connectivity index (χ2n) is 9.05. The van der Waals surface area contributed by atoms with Crippen molar-refractivity contribution in [1.82, 2.24) is 5.32 Å². The van der Waals surface area contributed by atoms with Gasteiger partial charge in [-0.1, -0.05) is 77.7 Å². The Balaban J connectivity index is 1.54. The quantitative estimate of drug-likeness (QED) is 0.324. The average Bonchev–Trinajstić information content (AvgIpc) is 2.69. The van der Waals surface area contributed by atoms with E-state index in [0.29, 0.717) is 0 Å². The molecule has 0 saturated heterocycles. The number of nitrogens with one attached hydrogen (secondary N) is 1. The molecule has 1 amide bonds. The van der Waals surface area contributed by atoms with Crippen LogP contribution in [0.25, 0.3) is 0 Å². The van der Waals surface area contributed by atoms with Gasteiger partial charge >= 0.3 is 0 Å². The lowest BCUT2D eigenvalue weighted by molar-refractivity contribution is -0.116. The Morgan fingerprint density at radius 1 is 0.846 bits per heavy atom. The Labute approximate surface area is 162 Å². The van der Waals surface area contributed by atoms with Gasteiger partial charge in [0.05, 0.1) is 0 Å². The predicted octanol–water partition coefficient (Wildman–Crippen LogP) is 6.65. The molecule has 2 fully saturated rings. The SMILES string of the molecule is C=CC(=O)NCCC1CCC(C2CCC(CCCCCCC)CC2)CC1. The number of carbonyl (C=O) groups is 1. The third kappa shape index (κ3) is 7.84. The van der Waals surface area contributed by atoms with Gasteiger partial charge in [-0.15, -0.1) is 0 Å². The number of hydrogen-bond acceptors (Lipinski definition) is 1. The van der Waals surface area contributed by atoms with E-state index in [4.69, 9.17) is 0 Å². The van der Waals surface area contributed by atoms with E-state index in [9.17, 15) is 4.79 Å². The van der Waals surface area contributed by atoms with Gasteiger partial charge in [-0.25, -0.2) is 0 Å². The van der Waals surface area contributed by atoms with E-state index >= 15 is 0 Å². The molecule has 0 radical (unpaired) electrons. The van der Waals surface area contributed by atoms with Gasteiger partial charge in [-0.2, -0.15) is 0 Å². The van der Waals surface area contributed by atoms with Crippen LogP contribution in [-0.2, 0) is 4.79 Å². The molecule has 2 heteroatoms. The van der Waals surface area contributed by atoms with Crippen molar-refractivity contribution in [1.29, 1.82) is 0 Å². The van der Waals surface area contributed by atoms with E-state index in [0.717, 1.165) is 36.6 Å². The fourth-order valence-electron chi connectivity index (χ4n) is 5.40. The maximum atomic E-state index is 11.2. The van der Waals surface area contributed by atoms with Crippen LogP contribution < -0.4 is 5.32 Å². The lowest BCUT2D eigenvalue weighted by Gasteiger charge is -2.38. The topological polar surface area (TPSA) is 29.1 Å². The van der Waals surface area contributed by atoms with Crippen molar-refractivity contribution in [3.63, 3.8) is 0 Å². The summed E-state index contributed by atoms with van der Waals surface area (Å²) in [5.74, 6) is 3.86. The first-order valence-corrected chi connectivity index (χ1v) is 11.6. The maximum Gasteiger partial charge on any atom is 0.243 e. The zero-order valence-electron chi connectivity index (χ0n) is 17.3. The first-order valence-electron chi connectivity index (χ1n) is 11.6. The fraction of sp³-hybridized carbons (Fsp3) is 0.875. The minimum absolute atomic E-state index is 0.0270. The van der Waals surface area contributed by atoms with E-state index < -0.39 is 0 Å². The van der Waals surface area contributed by atoms with Gasteiger partial charge in [0.2, 0.25) is 5.91 Å². The molecule has 2 aliphatic rings. The highest BCUT2D eigenvalue weighted by Crippen LogP contribution is 2.42. The third-order valence-corrected chi connectivity index (χ3v) is 7.20. The summed E-state index contributed by atoms with van der Waals surface area (Å²) in [4.78, 5) is 11.2. The zero-order chi connectivity index (χ0) is 18.6. The lowest BCUT2D eigenvalue weighted by Crippen LogP contribution is -2.28. The molecule has 0 aromatic rings. The molecule has 1 N–H and O–H groups in total. The largest absolute Gasteiger partial charge is 0.353 e. The van der Waals surface area contributed by atoms with Crippen LogP contribution in [0.4, 0.5) is 0 Å². The minimum atomic E-state index is -0.0270. The molecular formula is C24H43NO. The highest BCUT2D eigenvalue weighted by Gasteiger charge is 2.30. The Morgan fingerprint density at radius 2 is 1.38 bits per heavy atom. The molecule has 26 heavy (non-hydrogen) atoms. The minimum Gasteiger partial charge on any atom is -0.353 e. The van der Waals surface area contributed by atoms with E-state index in [2.05, 4.69) is 18.8 Å². The van der Waals surface area contributed by atoms with Crippen molar-refractivity contribution in [3.8, 4) is 0 Å². The molecule has 0 aliphatic heterocycles. The lowest BCUT2D eigenvalue weighted by atomic mass is 9.68. The smallest absolute Gasteiger partial charge is 0.243 e. The molecule has 2 aliphatic carbocycles. The Kier molecular flexibility index (Phi) is 10.4. The summed E-state index contributed by atoms with van der Waals surface area (Å²) in [5.41, 5.74) is 0. The second-order valence-corrected chi connectivity index (χ2v) is 9.05. The molecule has 2 nitrogen and oxygen atoms in total. The predicted molar refractivity (Wildman–Crippen MR) is 112 cm³/mol. The monoisotopic (exact) mass is 361 g/mol. The Morgan fingerprint density at radius 3 is 1.92 bits per heavy atom. The zero-order valence-corrected chi connectivity index (χ0v) is 17.3. The Bertz CT molecular complexity index is 389. The molecule has 2 saturated carbocycles. The first kappa shape index (κ1) is 21.5. The number of rotatable bonds is 11. The van der Waals surface area contributed by atoms with E-state index in [1.165, 1.54) is 96.0 Å². The van der Waals surface area contributed by atoms with Gasteiger partial charge < -0.3 is 5.32 Å². The van der Waals surface area contributed by atoms with Gasteiger partial charge in [-0.05, 0) is 61.9 Å². The number of unbranched alkanes of at least 4 members (excludes halogenated alkanes) is 4. The highest BCUT2D eigenvalue weighted by molar-refractivity contribution is 5.86. The third-order valence-electron chi connectivity index (χ3n) is 7.20. The van der Waals surface area contributed by atoms with E-state index in [-0.39, 0.29) is 5.91 Å². The standard InChI is InChI=1S/C24H43NO/c1-3-5-6-7-8-9-20-10-14-22(15-11-20)23-16-12-21(13-17-23)18-19-25-24(26)4-2/h4,20-23H,2-3,5-19H2,1H3,(H,25,26). The van der Waals surface area contributed by atoms with Crippen molar-refractivity contribution in [2.24, 2.45) is 23.7 Å². The van der Waals surface area contributed by atoms with Crippen molar-refractivity contribution in [2.75, 3.05) is 6.54 Å². The van der Waals surface area contributed by atoms with Crippen LogP contribution in [0.5, 0.6) is 0 Å². The van der Waals surface area contributed by atoms with Crippen molar-refractivity contribution in [3.05, 3.63) is 12.7 Å². The van der Waals surface area contributed by atoms with Crippen LogP contribution in [0.15, 0.2) is 12.7 Å². The molecule has 0 spiro atoms. The summed E-state index contributed by atoms with van der Waals surface area (Å²) in [7, 11) is 0. The molecule has 150 valence electrons. The molecule has 0 aromatic carbocycles. The van der Waals surface area contributed by atoms with Crippen molar-refractivity contribution in [2.45, 2.75) is 103 Å². The number of hydrogen-bond donors (Lipinski definition) is 1. The van der Waals surface area contributed by atoms with Crippen molar-refractivity contribution < 1.29 is 4.79 Å². The molecule has 0 heterocycles. The van der Waals surface area contributed by atoms with E-state index in [1.54, 1.807) is 0 Å². The summed E-state index contributed by atoms with van der Waals surface area (Å²) in [6.07, 6.45) is 22.9. The maximum absolute atomic E-state index is 11.2. The van der Waals surface area contributed by atoms with Crippen LogP contribution in [0.1, 0.15) is 103 Å². The molecule has 0 bridgehead atoms. The molecule has 0 unspecified atom stereocenters. The highest BCUT2D eigenvalue weighted by atomic mass is 16.1. The van der Waals surface area contributed by atoms with Crippen LogP contribution in [0.3, 0.4) is 0 Å². The first-order chi connectivity index (χ1) is 12.7. The van der Waals surface area contributed by atoms with Gasteiger partial charge in [0.1, 0.15) is 0 Å². The average molecular weight is 362 g/mol. The van der Waals surface area contributed by atoms with Gasteiger partial charge in [-0.3, -0.25) is 4.79 Å². The normalized spacial score (nSPS) is 29.3. The van der Waals surface area contributed by atoms with Crippen molar-refractivity contribution >= 4 is 5.91 Å². The molecular weight excluding hydrogens is 318 g/mol. The summed E-state index contributed by atoms with van der Waals surface area (Å²) < 4.78 is 0. The van der Waals surface area contributed by atoms with E-state index in [1.807, 2.05) is 0 Å². The molecule has 0 atom stereocenters. The van der Waals surface area contributed by atoms with Gasteiger partial charge in [0.15, 0.2) is 0 Å². The summed E-state index contributed by atoms with van der Waals surface area (Å²) in [5, 5.41) is 2.93. The summed E-state index contributed by atoms with van der Waals surface area (Å²) >= 11 is 0. The Hall–Kier alpha value is -0.790. The van der Waals surface area contributed by atoms with Crippen LogP contribution >= 0.6 is 0 Å². The van der Waals surface area contributed by atoms with Crippen LogP contribution in [0, 0.1) is 23.7 Å². The fourth-order valence-corrected chi connectivity index (χ4v) is 5.40. The summed E-state index contributed by atoms with van der Waals surface area (Å²) in [6.45, 7) is 6.63. The van der Waals surface area contributed by atoms with Crippen LogP contribution in [-0.4, -0.2) is 12.5 Å². The summed E-state index contributed by atoms with van der Waals surface area (Å²) in [6, 6.07) is 0. The molecule has 2 rings (SSSR count). The number of amides is 1.